The van der Waals surface area contributed by atoms with Gasteiger partial charge in [0.2, 0.25) is 11.0 Å². The molecule has 168 valence electrons. The van der Waals surface area contributed by atoms with Crippen LogP contribution in [0.25, 0.3) is 0 Å². The number of piperazine rings is 1. The summed E-state index contributed by atoms with van der Waals surface area (Å²) >= 11 is 7.42. The van der Waals surface area contributed by atoms with Gasteiger partial charge in [0.05, 0.1) is 0 Å². The fraction of sp³-hybridized carbons (Fsp3) is 0.375. The second-order valence-electron chi connectivity index (χ2n) is 7.96. The van der Waals surface area contributed by atoms with Crippen molar-refractivity contribution >= 4 is 34.2 Å². The SMILES string of the molecule is O=C(CCc1ccccc1)NCCN1CCN(c2nc(Cc3ccc(Cl)cc3)ns2)CC1. The van der Waals surface area contributed by atoms with E-state index < -0.39 is 0 Å². The number of hydrogen-bond donors (Lipinski definition) is 1. The average Bonchev–Trinajstić information content (AvgIpc) is 3.29. The number of rotatable bonds is 9. The van der Waals surface area contributed by atoms with Crippen LogP contribution in [0.2, 0.25) is 5.02 Å². The predicted molar refractivity (Wildman–Crippen MR) is 131 cm³/mol. The van der Waals surface area contributed by atoms with Gasteiger partial charge in [-0.3, -0.25) is 9.69 Å². The van der Waals surface area contributed by atoms with Gasteiger partial charge < -0.3 is 10.2 Å². The molecular formula is C24H28ClN5OS. The maximum atomic E-state index is 12.1. The minimum Gasteiger partial charge on any atom is -0.355 e. The van der Waals surface area contributed by atoms with Crippen molar-refractivity contribution in [2.45, 2.75) is 19.3 Å². The smallest absolute Gasteiger partial charge is 0.220 e. The lowest BCUT2D eigenvalue weighted by molar-refractivity contribution is -0.121. The van der Waals surface area contributed by atoms with Crippen LogP contribution in [0.4, 0.5) is 5.13 Å². The van der Waals surface area contributed by atoms with E-state index in [1.807, 2.05) is 42.5 Å². The molecule has 0 spiro atoms. The third-order valence-electron chi connectivity index (χ3n) is 5.61. The third-order valence-corrected chi connectivity index (χ3v) is 6.68. The Morgan fingerprint density at radius 3 is 2.50 bits per heavy atom. The average molecular weight is 470 g/mol. The highest BCUT2D eigenvalue weighted by atomic mass is 35.5. The molecule has 1 aliphatic heterocycles. The minimum absolute atomic E-state index is 0.120. The van der Waals surface area contributed by atoms with Gasteiger partial charge in [-0.1, -0.05) is 54.1 Å². The zero-order valence-corrected chi connectivity index (χ0v) is 19.6. The second-order valence-corrected chi connectivity index (χ2v) is 9.13. The summed E-state index contributed by atoms with van der Waals surface area (Å²) in [6, 6.07) is 18.0. The molecular weight excluding hydrogens is 442 g/mol. The van der Waals surface area contributed by atoms with Crippen molar-refractivity contribution in [3.8, 4) is 0 Å². The Morgan fingerprint density at radius 2 is 1.75 bits per heavy atom. The standard InChI is InChI=1S/C24H28ClN5OS/c25-21-9-6-20(7-10-21)18-22-27-24(32-28-22)30-16-14-29(15-17-30)13-12-26-23(31)11-8-19-4-2-1-3-5-19/h1-7,9-10H,8,11-18H2,(H,26,31). The summed E-state index contributed by atoms with van der Waals surface area (Å²) in [7, 11) is 0. The van der Waals surface area contributed by atoms with Crippen LogP contribution in [0.5, 0.6) is 0 Å². The molecule has 4 rings (SSSR count). The highest BCUT2D eigenvalue weighted by molar-refractivity contribution is 7.09. The molecule has 0 radical (unpaired) electrons. The molecule has 0 aliphatic carbocycles. The number of hydrogen-bond acceptors (Lipinski definition) is 6. The van der Waals surface area contributed by atoms with Crippen LogP contribution >= 0.6 is 23.1 Å². The molecule has 2 aromatic carbocycles. The Hall–Kier alpha value is -2.48. The van der Waals surface area contributed by atoms with E-state index in [2.05, 4.69) is 31.6 Å². The first kappa shape index (κ1) is 22.7. The number of halogens is 1. The van der Waals surface area contributed by atoms with E-state index in [-0.39, 0.29) is 5.91 Å². The van der Waals surface area contributed by atoms with Crippen LogP contribution in [-0.4, -0.2) is 59.4 Å². The summed E-state index contributed by atoms with van der Waals surface area (Å²) < 4.78 is 4.53. The van der Waals surface area contributed by atoms with Crippen molar-refractivity contribution in [1.29, 1.82) is 0 Å². The lowest BCUT2D eigenvalue weighted by Crippen LogP contribution is -2.48. The molecule has 6 nitrogen and oxygen atoms in total. The number of nitrogens with one attached hydrogen (secondary N) is 1. The summed E-state index contributed by atoms with van der Waals surface area (Å²) in [6.07, 6.45) is 2.04. The third kappa shape index (κ3) is 6.76. The largest absolute Gasteiger partial charge is 0.355 e. The lowest BCUT2D eigenvalue weighted by atomic mass is 10.1. The molecule has 1 aromatic heterocycles. The topological polar surface area (TPSA) is 61.4 Å². The van der Waals surface area contributed by atoms with Gasteiger partial charge in [0.25, 0.3) is 0 Å². The first-order valence-corrected chi connectivity index (χ1v) is 12.2. The number of aromatic nitrogens is 2. The molecule has 1 aliphatic rings. The number of amides is 1. The second kappa shape index (κ2) is 11.4. The minimum atomic E-state index is 0.120. The van der Waals surface area contributed by atoms with Crippen molar-refractivity contribution in [2.75, 3.05) is 44.2 Å². The summed E-state index contributed by atoms with van der Waals surface area (Å²) in [5.41, 5.74) is 2.36. The summed E-state index contributed by atoms with van der Waals surface area (Å²) in [6.45, 7) is 5.35. The van der Waals surface area contributed by atoms with Gasteiger partial charge in [-0.05, 0) is 29.7 Å². The highest BCUT2D eigenvalue weighted by Gasteiger charge is 2.20. The van der Waals surface area contributed by atoms with Crippen LogP contribution in [0.3, 0.4) is 0 Å². The zero-order valence-electron chi connectivity index (χ0n) is 18.0. The Balaban J connectivity index is 1.14. The van der Waals surface area contributed by atoms with Crippen molar-refractivity contribution in [2.24, 2.45) is 0 Å². The van der Waals surface area contributed by atoms with Crippen LogP contribution < -0.4 is 10.2 Å². The number of carbonyl (C=O) groups is 1. The Bertz CT molecular complexity index is 987. The number of nitrogens with zero attached hydrogens (tertiary/aromatic N) is 4. The Morgan fingerprint density at radius 1 is 1.00 bits per heavy atom. The molecule has 0 saturated carbocycles. The van der Waals surface area contributed by atoms with E-state index in [0.29, 0.717) is 13.0 Å². The van der Waals surface area contributed by atoms with Crippen molar-refractivity contribution in [3.63, 3.8) is 0 Å². The van der Waals surface area contributed by atoms with E-state index in [1.165, 1.54) is 17.1 Å². The molecule has 3 aromatic rings. The quantitative estimate of drug-likeness (QED) is 0.518. The molecule has 1 saturated heterocycles. The fourth-order valence-electron chi connectivity index (χ4n) is 3.74. The van der Waals surface area contributed by atoms with E-state index >= 15 is 0 Å². The summed E-state index contributed by atoms with van der Waals surface area (Å²) in [5.74, 6) is 0.975. The van der Waals surface area contributed by atoms with Crippen molar-refractivity contribution in [3.05, 3.63) is 76.6 Å². The molecule has 1 fully saturated rings. The summed E-state index contributed by atoms with van der Waals surface area (Å²) in [4.78, 5) is 21.5. The van der Waals surface area contributed by atoms with Gasteiger partial charge in [0.15, 0.2) is 0 Å². The molecule has 1 amide bonds. The molecule has 0 bridgehead atoms. The number of benzene rings is 2. The Labute approximate surface area is 198 Å². The number of anilines is 1. The fourth-order valence-corrected chi connectivity index (χ4v) is 4.60. The molecule has 2 heterocycles. The van der Waals surface area contributed by atoms with Crippen LogP contribution in [0.1, 0.15) is 23.4 Å². The lowest BCUT2D eigenvalue weighted by Gasteiger charge is -2.34. The first-order chi connectivity index (χ1) is 15.7. The van der Waals surface area contributed by atoms with Crippen LogP contribution in [0.15, 0.2) is 54.6 Å². The van der Waals surface area contributed by atoms with E-state index in [4.69, 9.17) is 16.6 Å². The monoisotopic (exact) mass is 469 g/mol. The van der Waals surface area contributed by atoms with Crippen LogP contribution in [0, 0.1) is 0 Å². The van der Waals surface area contributed by atoms with Gasteiger partial charge in [-0.2, -0.15) is 4.37 Å². The summed E-state index contributed by atoms with van der Waals surface area (Å²) in [5, 5.41) is 4.78. The zero-order chi connectivity index (χ0) is 22.2. The van der Waals surface area contributed by atoms with Gasteiger partial charge in [-0.15, -0.1) is 0 Å². The van der Waals surface area contributed by atoms with Crippen LogP contribution in [-0.2, 0) is 17.6 Å². The molecule has 32 heavy (non-hydrogen) atoms. The highest BCUT2D eigenvalue weighted by Crippen LogP contribution is 2.21. The molecule has 8 heteroatoms. The van der Waals surface area contributed by atoms with E-state index in [9.17, 15) is 4.79 Å². The van der Waals surface area contributed by atoms with E-state index in [1.54, 1.807) is 0 Å². The molecule has 1 N–H and O–H groups in total. The maximum absolute atomic E-state index is 12.1. The van der Waals surface area contributed by atoms with Gasteiger partial charge in [0.1, 0.15) is 5.82 Å². The number of aryl methyl sites for hydroxylation is 1. The normalized spacial score (nSPS) is 14.5. The van der Waals surface area contributed by atoms with Gasteiger partial charge in [0, 0.05) is 68.7 Å². The van der Waals surface area contributed by atoms with Crippen molar-refractivity contribution in [1.82, 2.24) is 19.6 Å². The molecule has 0 unspecified atom stereocenters. The molecule has 0 atom stereocenters. The van der Waals surface area contributed by atoms with Crippen molar-refractivity contribution < 1.29 is 4.79 Å². The first-order valence-electron chi connectivity index (χ1n) is 11.0. The predicted octanol–water partition coefficient (Wildman–Crippen LogP) is 3.65. The van der Waals surface area contributed by atoms with E-state index in [0.717, 1.165) is 67.1 Å². The Kier molecular flexibility index (Phi) is 8.09. The van der Waals surface area contributed by atoms with Gasteiger partial charge >= 0.3 is 0 Å². The number of carbonyl (C=O) groups excluding carboxylic acids is 1. The maximum Gasteiger partial charge on any atom is 0.220 e. The van der Waals surface area contributed by atoms with Gasteiger partial charge in [-0.25, -0.2) is 4.98 Å².